The number of aromatic nitrogens is 2. The lowest BCUT2D eigenvalue weighted by Crippen LogP contribution is -1.96. The van der Waals surface area contributed by atoms with E-state index >= 15 is 0 Å². The Labute approximate surface area is 134 Å². The number of aryl methyl sites for hydroxylation is 2. The van der Waals surface area contributed by atoms with Crippen LogP contribution in [0.4, 0.5) is 0 Å². The predicted molar refractivity (Wildman–Crippen MR) is 86.2 cm³/mol. The molecule has 23 heavy (non-hydrogen) atoms. The van der Waals surface area contributed by atoms with Crippen molar-refractivity contribution < 1.29 is 14.6 Å². The summed E-state index contributed by atoms with van der Waals surface area (Å²) in [6.45, 7) is 3.84. The fraction of sp³-hybridized carbons (Fsp3) is 0.111. The zero-order chi connectivity index (χ0) is 16.2. The lowest BCUT2D eigenvalue weighted by atomic mass is 10.2. The van der Waals surface area contributed by atoms with Crippen LogP contribution in [0.2, 0.25) is 0 Å². The van der Waals surface area contributed by atoms with Crippen LogP contribution < -0.4 is 9.47 Å². The fourth-order valence-electron chi connectivity index (χ4n) is 2.03. The van der Waals surface area contributed by atoms with Gasteiger partial charge < -0.3 is 14.6 Å². The van der Waals surface area contributed by atoms with Crippen LogP contribution >= 0.6 is 0 Å². The molecule has 2 aromatic carbocycles. The first kappa shape index (κ1) is 14.8. The maximum atomic E-state index is 10.1. The minimum absolute atomic E-state index is 0.0384. The van der Waals surface area contributed by atoms with Crippen LogP contribution in [0.5, 0.6) is 29.0 Å². The highest BCUT2D eigenvalue weighted by atomic mass is 16.5. The molecule has 5 heteroatoms. The van der Waals surface area contributed by atoms with Gasteiger partial charge in [0, 0.05) is 6.07 Å². The average molecular weight is 308 g/mol. The minimum atomic E-state index is -0.133. The van der Waals surface area contributed by atoms with Gasteiger partial charge in [0.05, 0.1) is 0 Å². The van der Waals surface area contributed by atoms with Gasteiger partial charge in [-0.15, -0.1) is 10.2 Å². The van der Waals surface area contributed by atoms with Gasteiger partial charge in [0.1, 0.15) is 11.5 Å². The summed E-state index contributed by atoms with van der Waals surface area (Å²) in [5, 5.41) is 17.9. The first-order valence-electron chi connectivity index (χ1n) is 7.17. The highest BCUT2D eigenvalue weighted by Crippen LogP contribution is 2.32. The highest BCUT2D eigenvalue weighted by Gasteiger charge is 2.11. The summed E-state index contributed by atoms with van der Waals surface area (Å²) in [6, 6.07) is 16.4. The number of nitrogens with zero attached hydrogens (tertiary/aromatic N) is 2. The first-order chi connectivity index (χ1) is 11.1. The van der Waals surface area contributed by atoms with Crippen molar-refractivity contribution in [3.63, 3.8) is 0 Å². The van der Waals surface area contributed by atoms with Gasteiger partial charge in [-0.05, 0) is 37.1 Å². The van der Waals surface area contributed by atoms with Crippen molar-refractivity contribution in [3.8, 4) is 29.0 Å². The summed E-state index contributed by atoms with van der Waals surface area (Å²) in [4.78, 5) is 0. The van der Waals surface area contributed by atoms with Crippen molar-refractivity contribution in [3.05, 3.63) is 65.7 Å². The Kier molecular flexibility index (Phi) is 4.10. The second kappa shape index (κ2) is 6.36. The van der Waals surface area contributed by atoms with Gasteiger partial charge in [0.25, 0.3) is 5.88 Å². The lowest BCUT2D eigenvalue weighted by Gasteiger charge is -2.10. The molecule has 0 radical (unpaired) electrons. The van der Waals surface area contributed by atoms with Crippen LogP contribution in [0.15, 0.2) is 54.6 Å². The van der Waals surface area contributed by atoms with Gasteiger partial charge in [0.15, 0.2) is 5.75 Å². The molecular formula is C18H16N2O3. The van der Waals surface area contributed by atoms with Crippen LogP contribution in [0.25, 0.3) is 0 Å². The molecule has 0 spiro atoms. The Balaban J connectivity index is 1.81. The van der Waals surface area contributed by atoms with Gasteiger partial charge in [-0.1, -0.05) is 36.4 Å². The van der Waals surface area contributed by atoms with Crippen molar-refractivity contribution >= 4 is 0 Å². The summed E-state index contributed by atoms with van der Waals surface area (Å²) >= 11 is 0. The molecule has 0 saturated heterocycles. The third kappa shape index (κ3) is 3.40. The second-order valence-electron chi connectivity index (χ2n) is 5.11. The second-order valence-corrected chi connectivity index (χ2v) is 5.11. The van der Waals surface area contributed by atoms with E-state index in [1.807, 2.05) is 56.3 Å². The number of rotatable bonds is 4. The lowest BCUT2D eigenvalue weighted by molar-refractivity contribution is 0.375. The van der Waals surface area contributed by atoms with E-state index in [0.717, 1.165) is 11.1 Å². The average Bonchev–Trinajstić information content (AvgIpc) is 2.54. The van der Waals surface area contributed by atoms with E-state index in [-0.39, 0.29) is 17.5 Å². The quantitative estimate of drug-likeness (QED) is 0.774. The number of ether oxygens (including phenoxy) is 2. The number of para-hydroxylation sites is 2. The highest BCUT2D eigenvalue weighted by molar-refractivity contribution is 5.42. The topological polar surface area (TPSA) is 64.5 Å². The molecule has 0 aliphatic heterocycles. The summed E-state index contributed by atoms with van der Waals surface area (Å²) in [5.41, 5.74) is 1.91. The number of hydrogen-bond donors (Lipinski definition) is 1. The van der Waals surface area contributed by atoms with Crippen LogP contribution in [-0.2, 0) is 0 Å². The molecule has 116 valence electrons. The molecule has 5 nitrogen and oxygen atoms in total. The summed E-state index contributed by atoms with van der Waals surface area (Å²) < 4.78 is 11.2. The summed E-state index contributed by atoms with van der Waals surface area (Å²) in [5.74, 6) is 1.38. The molecule has 1 heterocycles. The van der Waals surface area contributed by atoms with Gasteiger partial charge in [-0.2, -0.15) is 0 Å². The zero-order valence-corrected chi connectivity index (χ0v) is 12.9. The predicted octanol–water partition coefficient (Wildman–Crippen LogP) is 4.38. The van der Waals surface area contributed by atoms with E-state index in [2.05, 4.69) is 10.2 Å². The van der Waals surface area contributed by atoms with Gasteiger partial charge in [0.2, 0.25) is 5.88 Å². The monoisotopic (exact) mass is 308 g/mol. The van der Waals surface area contributed by atoms with Gasteiger partial charge in [-0.25, -0.2) is 0 Å². The molecule has 1 N–H and O–H groups in total. The Morgan fingerprint density at radius 3 is 1.91 bits per heavy atom. The number of aromatic hydroxyl groups is 1. The van der Waals surface area contributed by atoms with Crippen molar-refractivity contribution in [2.45, 2.75) is 13.8 Å². The maximum absolute atomic E-state index is 10.1. The number of hydrogen-bond acceptors (Lipinski definition) is 5. The maximum Gasteiger partial charge on any atom is 0.281 e. The largest absolute Gasteiger partial charge is 0.503 e. The van der Waals surface area contributed by atoms with Crippen molar-refractivity contribution in [1.82, 2.24) is 10.2 Å². The zero-order valence-electron chi connectivity index (χ0n) is 12.9. The van der Waals surface area contributed by atoms with Crippen molar-refractivity contribution in [1.29, 1.82) is 0 Å². The van der Waals surface area contributed by atoms with E-state index in [1.54, 1.807) is 6.07 Å². The van der Waals surface area contributed by atoms with Crippen molar-refractivity contribution in [2.75, 3.05) is 0 Å². The molecule has 0 bridgehead atoms. The van der Waals surface area contributed by atoms with E-state index in [1.165, 1.54) is 6.07 Å². The van der Waals surface area contributed by atoms with Gasteiger partial charge >= 0.3 is 0 Å². The molecular weight excluding hydrogens is 292 g/mol. The molecule has 3 aromatic rings. The minimum Gasteiger partial charge on any atom is -0.503 e. The molecule has 0 atom stereocenters. The summed E-state index contributed by atoms with van der Waals surface area (Å²) in [6.07, 6.45) is 0. The smallest absolute Gasteiger partial charge is 0.281 e. The molecule has 1 aromatic heterocycles. The van der Waals surface area contributed by atoms with Crippen LogP contribution in [0.1, 0.15) is 11.1 Å². The number of benzene rings is 2. The molecule has 0 fully saturated rings. The molecule has 0 saturated carbocycles. The fourth-order valence-corrected chi connectivity index (χ4v) is 2.03. The van der Waals surface area contributed by atoms with E-state index in [9.17, 15) is 5.11 Å². The van der Waals surface area contributed by atoms with E-state index in [4.69, 9.17) is 9.47 Å². The SMILES string of the molecule is Cc1ccccc1Oc1cc(O)c(Oc2ccccc2C)nn1. The molecule has 0 aliphatic rings. The third-order valence-corrected chi connectivity index (χ3v) is 3.33. The van der Waals surface area contributed by atoms with Gasteiger partial charge in [-0.3, -0.25) is 0 Å². The Morgan fingerprint density at radius 1 is 0.783 bits per heavy atom. The normalized spacial score (nSPS) is 10.3. The Morgan fingerprint density at radius 2 is 1.35 bits per heavy atom. The van der Waals surface area contributed by atoms with Crippen molar-refractivity contribution in [2.24, 2.45) is 0 Å². The molecule has 3 rings (SSSR count). The Bertz CT molecular complexity index is 834. The van der Waals surface area contributed by atoms with Crippen LogP contribution in [0, 0.1) is 13.8 Å². The van der Waals surface area contributed by atoms with Crippen LogP contribution in [-0.4, -0.2) is 15.3 Å². The summed E-state index contributed by atoms with van der Waals surface area (Å²) in [7, 11) is 0. The standard InChI is InChI=1S/C18H16N2O3/c1-12-7-3-5-9-15(12)22-17-11-14(21)18(20-19-17)23-16-10-6-4-8-13(16)2/h3-11H,1-2H3,(H,19,21). The first-order valence-corrected chi connectivity index (χ1v) is 7.17. The molecule has 0 aliphatic carbocycles. The van der Waals surface area contributed by atoms with E-state index < -0.39 is 0 Å². The molecule has 0 amide bonds. The van der Waals surface area contributed by atoms with E-state index in [0.29, 0.717) is 11.5 Å². The molecule has 0 unspecified atom stereocenters. The Hall–Kier alpha value is -3.08. The third-order valence-electron chi connectivity index (χ3n) is 3.33. The van der Waals surface area contributed by atoms with Crippen LogP contribution in [0.3, 0.4) is 0 Å².